The first-order valence-electron chi connectivity index (χ1n) is 4.38. The lowest BCUT2D eigenvalue weighted by Gasteiger charge is -2.09. The minimum absolute atomic E-state index is 0.0300. The molecular weight excluding hydrogens is 204 g/mol. The summed E-state index contributed by atoms with van der Waals surface area (Å²) in [7, 11) is 0. The number of hydrogen-bond donors (Lipinski definition) is 1. The van der Waals surface area contributed by atoms with Gasteiger partial charge >= 0.3 is 0 Å². The lowest BCUT2D eigenvalue weighted by atomic mass is 10.2. The SMILES string of the molecule is [O]C(OCCCO)c1cccc(Cl)c1. The Hall–Kier alpha value is -0.610. The van der Waals surface area contributed by atoms with Crippen molar-refractivity contribution in [3.8, 4) is 0 Å². The Morgan fingerprint density at radius 1 is 1.50 bits per heavy atom. The first-order valence-corrected chi connectivity index (χ1v) is 4.75. The van der Waals surface area contributed by atoms with Gasteiger partial charge in [-0.2, -0.15) is 5.11 Å². The molecule has 0 bridgehead atoms. The predicted octanol–water partition coefficient (Wildman–Crippen LogP) is 2.17. The van der Waals surface area contributed by atoms with Crippen LogP contribution in [0.15, 0.2) is 24.3 Å². The van der Waals surface area contributed by atoms with E-state index in [-0.39, 0.29) is 13.2 Å². The van der Waals surface area contributed by atoms with Gasteiger partial charge in [0.05, 0.1) is 6.61 Å². The number of hydrogen-bond acceptors (Lipinski definition) is 2. The summed E-state index contributed by atoms with van der Waals surface area (Å²) >= 11 is 5.72. The van der Waals surface area contributed by atoms with Crippen LogP contribution in [-0.2, 0) is 9.84 Å². The summed E-state index contributed by atoms with van der Waals surface area (Å²) in [4.78, 5) is 0. The van der Waals surface area contributed by atoms with E-state index in [1.54, 1.807) is 24.3 Å². The van der Waals surface area contributed by atoms with Gasteiger partial charge < -0.3 is 9.84 Å². The van der Waals surface area contributed by atoms with Crippen LogP contribution in [0, 0.1) is 0 Å². The van der Waals surface area contributed by atoms with E-state index >= 15 is 0 Å². The second-order valence-electron chi connectivity index (χ2n) is 2.83. The number of ether oxygens (including phenoxy) is 1. The maximum atomic E-state index is 11.4. The van der Waals surface area contributed by atoms with Gasteiger partial charge in [-0.15, -0.1) is 0 Å². The van der Waals surface area contributed by atoms with Crippen molar-refractivity contribution in [3.63, 3.8) is 0 Å². The molecule has 0 spiro atoms. The zero-order valence-electron chi connectivity index (χ0n) is 7.65. The molecule has 1 atom stereocenters. The average Bonchev–Trinajstić information content (AvgIpc) is 2.18. The quantitative estimate of drug-likeness (QED) is 0.605. The van der Waals surface area contributed by atoms with Gasteiger partial charge in [-0.1, -0.05) is 23.7 Å². The number of benzene rings is 1. The fourth-order valence-corrected chi connectivity index (χ4v) is 1.20. The third kappa shape index (κ3) is 3.64. The zero-order chi connectivity index (χ0) is 10.4. The molecule has 1 radical (unpaired) electrons. The molecule has 0 saturated carbocycles. The summed E-state index contributed by atoms with van der Waals surface area (Å²) in [6.45, 7) is 0.291. The number of rotatable bonds is 5. The van der Waals surface area contributed by atoms with Crippen molar-refractivity contribution in [2.75, 3.05) is 13.2 Å². The van der Waals surface area contributed by atoms with Crippen molar-refractivity contribution in [1.29, 1.82) is 0 Å². The van der Waals surface area contributed by atoms with Crippen molar-refractivity contribution in [2.45, 2.75) is 12.7 Å². The maximum absolute atomic E-state index is 11.4. The predicted molar refractivity (Wildman–Crippen MR) is 52.5 cm³/mol. The maximum Gasteiger partial charge on any atom is 0.217 e. The Balaban J connectivity index is 2.47. The molecule has 0 aliphatic heterocycles. The fraction of sp³-hybridized carbons (Fsp3) is 0.400. The van der Waals surface area contributed by atoms with Gasteiger partial charge in [0.15, 0.2) is 0 Å². The highest BCUT2D eigenvalue weighted by atomic mass is 35.5. The molecule has 77 valence electrons. The first kappa shape index (κ1) is 11.5. The van der Waals surface area contributed by atoms with E-state index < -0.39 is 6.29 Å². The summed E-state index contributed by atoms with van der Waals surface area (Å²) in [6.07, 6.45) is -0.750. The molecule has 3 nitrogen and oxygen atoms in total. The molecule has 0 saturated heterocycles. The molecule has 1 aromatic carbocycles. The molecule has 1 rings (SSSR count). The van der Waals surface area contributed by atoms with Gasteiger partial charge in [0.2, 0.25) is 6.29 Å². The van der Waals surface area contributed by atoms with E-state index in [2.05, 4.69) is 0 Å². The lowest BCUT2D eigenvalue weighted by Crippen LogP contribution is -2.04. The highest BCUT2D eigenvalue weighted by Crippen LogP contribution is 2.19. The molecule has 14 heavy (non-hydrogen) atoms. The molecule has 0 aliphatic rings. The Bertz CT molecular complexity index is 278. The van der Waals surface area contributed by atoms with E-state index in [1.807, 2.05) is 0 Å². The van der Waals surface area contributed by atoms with E-state index in [0.717, 1.165) is 0 Å². The van der Waals surface area contributed by atoms with Crippen LogP contribution >= 0.6 is 11.6 Å². The normalized spacial score (nSPS) is 12.8. The van der Waals surface area contributed by atoms with Crippen LogP contribution < -0.4 is 0 Å². The highest BCUT2D eigenvalue weighted by molar-refractivity contribution is 6.30. The van der Waals surface area contributed by atoms with Crippen LogP contribution in [0.4, 0.5) is 0 Å². The van der Waals surface area contributed by atoms with Gasteiger partial charge in [0.25, 0.3) is 0 Å². The molecule has 0 fully saturated rings. The molecule has 0 aliphatic carbocycles. The number of aliphatic hydroxyl groups excluding tert-OH is 1. The summed E-state index contributed by atoms with van der Waals surface area (Å²) < 4.78 is 4.95. The van der Waals surface area contributed by atoms with Crippen molar-refractivity contribution < 1.29 is 14.9 Å². The fourth-order valence-electron chi connectivity index (χ4n) is 1.00. The van der Waals surface area contributed by atoms with E-state index in [9.17, 15) is 5.11 Å². The Kier molecular flexibility index (Phi) is 4.90. The van der Waals surface area contributed by atoms with Crippen LogP contribution in [-0.4, -0.2) is 18.3 Å². The molecule has 1 unspecified atom stereocenters. The average molecular weight is 216 g/mol. The summed E-state index contributed by atoms with van der Waals surface area (Å²) in [5, 5.41) is 20.4. The van der Waals surface area contributed by atoms with Crippen molar-refractivity contribution >= 4 is 11.6 Å². The van der Waals surface area contributed by atoms with Gasteiger partial charge in [-0.05, 0) is 18.6 Å². The number of halogens is 1. The molecule has 1 aromatic rings. The minimum atomic E-state index is -1.22. The Morgan fingerprint density at radius 2 is 2.29 bits per heavy atom. The lowest BCUT2D eigenvalue weighted by molar-refractivity contribution is -0.145. The molecular formula is C10H12ClO3. The van der Waals surface area contributed by atoms with Gasteiger partial charge in [-0.3, -0.25) is 0 Å². The van der Waals surface area contributed by atoms with E-state index in [1.165, 1.54) is 0 Å². The molecule has 0 amide bonds. The highest BCUT2D eigenvalue weighted by Gasteiger charge is 2.09. The van der Waals surface area contributed by atoms with E-state index in [4.69, 9.17) is 21.4 Å². The van der Waals surface area contributed by atoms with Crippen LogP contribution in [0.3, 0.4) is 0 Å². The van der Waals surface area contributed by atoms with Crippen molar-refractivity contribution in [2.24, 2.45) is 0 Å². The molecule has 0 aromatic heterocycles. The van der Waals surface area contributed by atoms with Gasteiger partial charge in [0, 0.05) is 17.2 Å². The van der Waals surface area contributed by atoms with Crippen LogP contribution in [0.5, 0.6) is 0 Å². The van der Waals surface area contributed by atoms with Gasteiger partial charge in [0.1, 0.15) is 0 Å². The minimum Gasteiger partial charge on any atom is -0.396 e. The van der Waals surface area contributed by atoms with Crippen molar-refractivity contribution in [1.82, 2.24) is 0 Å². The third-order valence-electron chi connectivity index (χ3n) is 1.69. The molecule has 1 N–H and O–H groups in total. The topological polar surface area (TPSA) is 49.4 Å². The van der Waals surface area contributed by atoms with Crippen LogP contribution in [0.1, 0.15) is 18.3 Å². The summed E-state index contributed by atoms with van der Waals surface area (Å²) in [5.74, 6) is 0. The zero-order valence-corrected chi connectivity index (χ0v) is 8.41. The Morgan fingerprint density at radius 3 is 2.93 bits per heavy atom. The van der Waals surface area contributed by atoms with Crippen LogP contribution in [0.25, 0.3) is 0 Å². The largest absolute Gasteiger partial charge is 0.396 e. The second-order valence-corrected chi connectivity index (χ2v) is 3.27. The number of aliphatic hydroxyl groups is 1. The standard InChI is InChI=1S/C10H12ClO3/c11-9-4-1-3-8(7-9)10(13)14-6-2-5-12/h1,3-4,7,10,12H,2,5-6H2. The summed E-state index contributed by atoms with van der Waals surface area (Å²) in [5.41, 5.74) is 0.510. The van der Waals surface area contributed by atoms with Gasteiger partial charge in [-0.25, -0.2) is 0 Å². The third-order valence-corrected chi connectivity index (χ3v) is 1.93. The second kappa shape index (κ2) is 5.98. The smallest absolute Gasteiger partial charge is 0.217 e. The van der Waals surface area contributed by atoms with Crippen LogP contribution in [0.2, 0.25) is 5.02 Å². The van der Waals surface area contributed by atoms with E-state index in [0.29, 0.717) is 17.0 Å². The Labute approximate surface area is 87.9 Å². The monoisotopic (exact) mass is 215 g/mol. The molecule has 4 heteroatoms. The molecule has 0 heterocycles. The summed E-state index contributed by atoms with van der Waals surface area (Å²) in [6, 6.07) is 6.66. The first-order chi connectivity index (χ1) is 6.74. The van der Waals surface area contributed by atoms with Crippen molar-refractivity contribution in [3.05, 3.63) is 34.9 Å².